The average molecular weight is 236 g/mol. The Labute approximate surface area is 102 Å². The number of hydrogen-bond acceptors (Lipinski definition) is 4. The summed E-state index contributed by atoms with van der Waals surface area (Å²) in [6, 6.07) is 3.86. The predicted octanol–water partition coefficient (Wildman–Crippen LogP) is 1.91. The van der Waals surface area contributed by atoms with Gasteiger partial charge in [-0.3, -0.25) is 0 Å². The maximum absolute atomic E-state index is 5.82. The molecule has 1 aromatic rings. The van der Waals surface area contributed by atoms with E-state index in [4.69, 9.17) is 15.2 Å². The third-order valence-corrected chi connectivity index (χ3v) is 3.09. The molecule has 0 amide bonds. The maximum Gasteiger partial charge on any atom is 0.213 e. The molecule has 1 aliphatic rings. The van der Waals surface area contributed by atoms with Gasteiger partial charge in [0.2, 0.25) is 5.88 Å². The van der Waals surface area contributed by atoms with Gasteiger partial charge < -0.3 is 15.2 Å². The second-order valence-corrected chi connectivity index (χ2v) is 4.58. The first-order valence-corrected chi connectivity index (χ1v) is 6.18. The summed E-state index contributed by atoms with van der Waals surface area (Å²) in [4.78, 5) is 4.20. The van der Waals surface area contributed by atoms with Gasteiger partial charge in [-0.15, -0.1) is 0 Å². The molecule has 0 aliphatic carbocycles. The van der Waals surface area contributed by atoms with Gasteiger partial charge in [0.25, 0.3) is 0 Å². The van der Waals surface area contributed by atoms with Crippen LogP contribution in [-0.4, -0.2) is 24.8 Å². The molecule has 94 valence electrons. The van der Waals surface area contributed by atoms with Crippen molar-refractivity contribution in [1.82, 2.24) is 4.98 Å². The van der Waals surface area contributed by atoms with E-state index >= 15 is 0 Å². The molecule has 2 rings (SSSR count). The summed E-state index contributed by atoms with van der Waals surface area (Å²) in [5.41, 5.74) is 6.88. The van der Waals surface area contributed by atoms with Crippen LogP contribution in [0.4, 0.5) is 0 Å². The molecule has 0 bridgehead atoms. The zero-order chi connectivity index (χ0) is 12.1. The SMILES string of the molecule is C[C@@H](N)c1ccnc(OCC2CCOCC2)c1. The first-order chi connectivity index (χ1) is 8.25. The lowest BCUT2D eigenvalue weighted by molar-refractivity contribution is 0.0490. The van der Waals surface area contributed by atoms with Crippen molar-refractivity contribution in [2.45, 2.75) is 25.8 Å². The minimum Gasteiger partial charge on any atom is -0.477 e. The molecular formula is C13H20N2O2. The van der Waals surface area contributed by atoms with E-state index in [1.54, 1.807) is 6.20 Å². The Bertz CT molecular complexity index is 349. The van der Waals surface area contributed by atoms with E-state index in [2.05, 4.69) is 4.98 Å². The van der Waals surface area contributed by atoms with Crippen LogP contribution < -0.4 is 10.5 Å². The van der Waals surface area contributed by atoms with Crippen molar-refractivity contribution in [3.8, 4) is 5.88 Å². The lowest BCUT2D eigenvalue weighted by Gasteiger charge is -2.21. The van der Waals surface area contributed by atoms with Crippen molar-refractivity contribution in [2.75, 3.05) is 19.8 Å². The fraction of sp³-hybridized carbons (Fsp3) is 0.615. The molecule has 1 fully saturated rings. The zero-order valence-corrected chi connectivity index (χ0v) is 10.3. The second-order valence-electron chi connectivity index (χ2n) is 4.58. The smallest absolute Gasteiger partial charge is 0.213 e. The molecule has 1 atom stereocenters. The highest BCUT2D eigenvalue weighted by atomic mass is 16.5. The van der Waals surface area contributed by atoms with Gasteiger partial charge in [-0.25, -0.2) is 4.98 Å². The summed E-state index contributed by atoms with van der Waals surface area (Å²) in [6.45, 7) is 4.37. The standard InChI is InChI=1S/C13H20N2O2/c1-10(14)12-2-5-15-13(8-12)17-9-11-3-6-16-7-4-11/h2,5,8,10-11H,3-4,6-7,9,14H2,1H3/t10-/m1/s1. The molecule has 0 saturated carbocycles. The molecule has 4 nitrogen and oxygen atoms in total. The van der Waals surface area contributed by atoms with Crippen molar-refractivity contribution < 1.29 is 9.47 Å². The van der Waals surface area contributed by atoms with Gasteiger partial charge in [0.05, 0.1) is 6.61 Å². The fourth-order valence-corrected chi connectivity index (χ4v) is 1.90. The molecule has 0 unspecified atom stereocenters. The molecule has 1 aliphatic heterocycles. The van der Waals surface area contributed by atoms with E-state index in [-0.39, 0.29) is 6.04 Å². The molecule has 1 saturated heterocycles. The summed E-state index contributed by atoms with van der Waals surface area (Å²) in [5, 5.41) is 0. The number of hydrogen-bond donors (Lipinski definition) is 1. The molecule has 0 aromatic carbocycles. The van der Waals surface area contributed by atoms with Crippen LogP contribution in [0.15, 0.2) is 18.3 Å². The van der Waals surface area contributed by atoms with Crippen LogP contribution in [0, 0.1) is 5.92 Å². The number of nitrogens with two attached hydrogens (primary N) is 1. The Morgan fingerprint density at radius 2 is 2.29 bits per heavy atom. The minimum atomic E-state index is 0.0171. The molecule has 2 N–H and O–H groups in total. The van der Waals surface area contributed by atoms with Crippen molar-refractivity contribution in [3.05, 3.63) is 23.9 Å². The van der Waals surface area contributed by atoms with Gasteiger partial charge >= 0.3 is 0 Å². The van der Waals surface area contributed by atoms with E-state index < -0.39 is 0 Å². The summed E-state index contributed by atoms with van der Waals surface area (Å²) in [6.07, 6.45) is 3.90. The molecule has 1 aromatic heterocycles. The molecule has 2 heterocycles. The first kappa shape index (κ1) is 12.3. The quantitative estimate of drug-likeness (QED) is 0.867. The van der Waals surface area contributed by atoms with E-state index in [1.165, 1.54) is 0 Å². The van der Waals surface area contributed by atoms with Gasteiger partial charge in [-0.2, -0.15) is 0 Å². The number of aromatic nitrogens is 1. The monoisotopic (exact) mass is 236 g/mol. The Morgan fingerprint density at radius 3 is 3.00 bits per heavy atom. The van der Waals surface area contributed by atoms with Crippen molar-refractivity contribution in [3.63, 3.8) is 0 Å². The van der Waals surface area contributed by atoms with Gasteiger partial charge in [-0.05, 0) is 37.3 Å². The van der Waals surface area contributed by atoms with Crippen LogP contribution in [0.3, 0.4) is 0 Å². The highest BCUT2D eigenvalue weighted by molar-refractivity contribution is 5.22. The molecule has 0 spiro atoms. The van der Waals surface area contributed by atoms with Gasteiger partial charge in [-0.1, -0.05) is 0 Å². The van der Waals surface area contributed by atoms with Crippen molar-refractivity contribution in [1.29, 1.82) is 0 Å². The normalized spacial score (nSPS) is 18.9. The van der Waals surface area contributed by atoms with Gasteiger partial charge in [0, 0.05) is 31.5 Å². The Hall–Kier alpha value is -1.13. The van der Waals surface area contributed by atoms with E-state index in [1.807, 2.05) is 19.1 Å². The summed E-state index contributed by atoms with van der Waals surface area (Å²) in [7, 11) is 0. The fourth-order valence-electron chi connectivity index (χ4n) is 1.90. The first-order valence-electron chi connectivity index (χ1n) is 6.18. The van der Waals surface area contributed by atoms with E-state index in [0.29, 0.717) is 11.8 Å². The molecular weight excluding hydrogens is 216 g/mol. The Balaban J connectivity index is 1.87. The minimum absolute atomic E-state index is 0.0171. The third kappa shape index (κ3) is 3.68. The second kappa shape index (κ2) is 5.98. The Kier molecular flexibility index (Phi) is 4.34. The van der Waals surface area contributed by atoms with Crippen molar-refractivity contribution in [2.24, 2.45) is 11.7 Å². The molecule has 0 radical (unpaired) electrons. The van der Waals surface area contributed by atoms with Crippen LogP contribution in [-0.2, 0) is 4.74 Å². The highest BCUT2D eigenvalue weighted by Gasteiger charge is 2.14. The van der Waals surface area contributed by atoms with Crippen LogP contribution in [0.5, 0.6) is 5.88 Å². The average Bonchev–Trinajstić information content (AvgIpc) is 2.38. The molecule has 17 heavy (non-hydrogen) atoms. The lowest BCUT2D eigenvalue weighted by atomic mass is 10.0. The lowest BCUT2D eigenvalue weighted by Crippen LogP contribution is -2.21. The summed E-state index contributed by atoms with van der Waals surface area (Å²) < 4.78 is 11.0. The van der Waals surface area contributed by atoms with Gasteiger partial charge in [0.15, 0.2) is 0 Å². The summed E-state index contributed by atoms with van der Waals surface area (Å²) in [5.74, 6) is 1.26. The van der Waals surface area contributed by atoms with Crippen LogP contribution in [0.25, 0.3) is 0 Å². The number of rotatable bonds is 4. The topological polar surface area (TPSA) is 57.4 Å². The van der Waals surface area contributed by atoms with Crippen LogP contribution in [0.2, 0.25) is 0 Å². The zero-order valence-electron chi connectivity index (χ0n) is 10.3. The van der Waals surface area contributed by atoms with Crippen molar-refractivity contribution >= 4 is 0 Å². The number of nitrogens with zero attached hydrogens (tertiary/aromatic N) is 1. The predicted molar refractivity (Wildman–Crippen MR) is 65.9 cm³/mol. The summed E-state index contributed by atoms with van der Waals surface area (Å²) >= 11 is 0. The number of pyridine rings is 1. The Morgan fingerprint density at radius 1 is 1.53 bits per heavy atom. The highest BCUT2D eigenvalue weighted by Crippen LogP contribution is 2.18. The van der Waals surface area contributed by atoms with Gasteiger partial charge in [0.1, 0.15) is 0 Å². The largest absolute Gasteiger partial charge is 0.477 e. The maximum atomic E-state index is 5.82. The number of ether oxygens (including phenoxy) is 2. The molecule has 4 heteroatoms. The third-order valence-electron chi connectivity index (χ3n) is 3.09. The van der Waals surface area contributed by atoms with Crippen LogP contribution in [0.1, 0.15) is 31.4 Å². The van der Waals surface area contributed by atoms with Crippen LogP contribution >= 0.6 is 0 Å². The van der Waals surface area contributed by atoms with E-state index in [9.17, 15) is 0 Å². The van der Waals surface area contributed by atoms with E-state index in [0.717, 1.165) is 38.2 Å².